The van der Waals surface area contributed by atoms with Gasteiger partial charge in [-0.3, -0.25) is 10.00 Å². The van der Waals surface area contributed by atoms with Crippen molar-refractivity contribution in [1.82, 2.24) is 20.1 Å². The summed E-state index contributed by atoms with van der Waals surface area (Å²) in [6.45, 7) is 4.77. The van der Waals surface area contributed by atoms with Crippen LogP contribution in [0.5, 0.6) is 5.75 Å². The van der Waals surface area contributed by atoms with Gasteiger partial charge in [-0.1, -0.05) is 96.5 Å². The molecule has 0 bridgehead atoms. The van der Waals surface area contributed by atoms with Crippen LogP contribution >= 0.6 is 11.6 Å². The molecule has 0 fully saturated rings. The quantitative estimate of drug-likeness (QED) is 0.107. The van der Waals surface area contributed by atoms with Crippen LogP contribution in [0.2, 0.25) is 5.02 Å². The maximum absolute atomic E-state index is 13.7. The zero-order valence-electron chi connectivity index (χ0n) is 26.2. The van der Waals surface area contributed by atoms with Crippen molar-refractivity contribution in [3.05, 3.63) is 148 Å². The van der Waals surface area contributed by atoms with Crippen molar-refractivity contribution in [3.63, 3.8) is 0 Å². The third-order valence-corrected chi connectivity index (χ3v) is 8.44. The SMILES string of the molecule is CCOCc1cccc(OCCCN(Cc2cccc(C(F)(F)F)c2Cl)CC(c2ccccc2)c2ccccc2)c1Cc1nc[nH]n1. The summed E-state index contributed by atoms with van der Waals surface area (Å²) in [7, 11) is 0. The Labute approximate surface area is 278 Å². The Hall–Kier alpha value is -4.18. The number of benzene rings is 4. The summed E-state index contributed by atoms with van der Waals surface area (Å²) in [5, 5.41) is 6.72. The summed E-state index contributed by atoms with van der Waals surface area (Å²) < 4.78 is 53.3. The molecule has 0 atom stereocenters. The van der Waals surface area contributed by atoms with Gasteiger partial charge >= 0.3 is 6.18 Å². The fourth-order valence-electron chi connectivity index (χ4n) is 5.67. The van der Waals surface area contributed by atoms with Crippen LogP contribution in [-0.4, -0.2) is 46.4 Å². The topological polar surface area (TPSA) is 63.3 Å². The van der Waals surface area contributed by atoms with Crippen LogP contribution in [0, 0.1) is 0 Å². The van der Waals surface area contributed by atoms with E-state index in [4.69, 9.17) is 21.1 Å². The van der Waals surface area contributed by atoms with Crippen LogP contribution in [0.1, 0.15) is 58.5 Å². The van der Waals surface area contributed by atoms with Crippen LogP contribution in [-0.2, 0) is 30.5 Å². The van der Waals surface area contributed by atoms with E-state index >= 15 is 0 Å². The first-order chi connectivity index (χ1) is 22.8. The standard InChI is InChI=1S/C37H38ClF3N4O2/c1-2-46-25-30-17-10-19-34(31(30)22-35-42-26-43-44-35)47-21-11-20-45(23-29-16-9-18-33(36(29)38)37(39,40)41)24-32(27-12-5-3-6-13-27)28-14-7-4-8-15-28/h3-10,12-19,26,32H,2,11,20-25H2,1H3,(H,42,43,44). The van der Waals surface area contributed by atoms with Crippen molar-refractivity contribution in [3.8, 4) is 5.75 Å². The largest absolute Gasteiger partial charge is 0.493 e. The van der Waals surface area contributed by atoms with Crippen LogP contribution in [0.3, 0.4) is 0 Å². The molecule has 0 amide bonds. The van der Waals surface area contributed by atoms with Gasteiger partial charge in [-0.15, -0.1) is 0 Å². The average Bonchev–Trinajstić information content (AvgIpc) is 3.59. The normalized spacial score (nSPS) is 11.8. The first-order valence-electron chi connectivity index (χ1n) is 15.7. The summed E-state index contributed by atoms with van der Waals surface area (Å²) >= 11 is 6.38. The molecule has 1 N–H and O–H groups in total. The molecule has 0 radical (unpaired) electrons. The Morgan fingerprint density at radius 2 is 1.55 bits per heavy atom. The van der Waals surface area contributed by atoms with Crippen LogP contribution in [0.4, 0.5) is 13.2 Å². The molecule has 0 aliphatic heterocycles. The van der Waals surface area contributed by atoms with Gasteiger partial charge in [-0.05, 0) is 47.7 Å². The molecule has 4 aromatic carbocycles. The molecule has 0 unspecified atom stereocenters. The smallest absolute Gasteiger partial charge is 0.417 e. The Bertz CT molecular complexity index is 1630. The lowest BCUT2D eigenvalue weighted by Crippen LogP contribution is -2.31. The number of aromatic amines is 1. The van der Waals surface area contributed by atoms with E-state index in [2.05, 4.69) is 44.3 Å². The summed E-state index contributed by atoms with van der Waals surface area (Å²) in [6, 6.07) is 30.3. The Morgan fingerprint density at radius 1 is 0.872 bits per heavy atom. The molecule has 5 rings (SSSR count). The molecule has 0 aliphatic rings. The Kier molecular flexibility index (Phi) is 12.1. The second kappa shape index (κ2) is 16.6. The average molecular weight is 663 g/mol. The van der Waals surface area contributed by atoms with E-state index in [0.717, 1.165) is 34.1 Å². The van der Waals surface area contributed by atoms with Crippen molar-refractivity contribution in [1.29, 1.82) is 0 Å². The number of alkyl halides is 3. The van der Waals surface area contributed by atoms with E-state index in [0.29, 0.717) is 57.1 Å². The lowest BCUT2D eigenvalue weighted by Gasteiger charge is -2.29. The van der Waals surface area contributed by atoms with Gasteiger partial charge in [0.05, 0.1) is 23.8 Å². The molecule has 1 aromatic heterocycles. The minimum absolute atomic E-state index is 0.00825. The molecule has 6 nitrogen and oxygen atoms in total. The fourth-order valence-corrected chi connectivity index (χ4v) is 5.97. The molecule has 0 aliphatic carbocycles. The van der Waals surface area contributed by atoms with Gasteiger partial charge in [0.1, 0.15) is 12.1 Å². The van der Waals surface area contributed by atoms with E-state index in [1.807, 2.05) is 61.5 Å². The lowest BCUT2D eigenvalue weighted by atomic mass is 9.90. The number of hydrogen-bond donors (Lipinski definition) is 1. The number of H-pyrrole nitrogens is 1. The summed E-state index contributed by atoms with van der Waals surface area (Å²) in [6.07, 6.45) is -1.88. The number of nitrogens with zero attached hydrogens (tertiary/aromatic N) is 3. The molecule has 5 aromatic rings. The highest BCUT2D eigenvalue weighted by Crippen LogP contribution is 2.37. The van der Waals surface area contributed by atoms with Gasteiger partial charge in [-0.25, -0.2) is 4.98 Å². The highest BCUT2D eigenvalue weighted by atomic mass is 35.5. The predicted molar refractivity (Wildman–Crippen MR) is 178 cm³/mol. The highest BCUT2D eigenvalue weighted by Gasteiger charge is 2.34. The third-order valence-electron chi connectivity index (χ3n) is 7.99. The van der Waals surface area contributed by atoms with E-state index in [1.165, 1.54) is 6.07 Å². The van der Waals surface area contributed by atoms with Crippen LogP contribution in [0.15, 0.2) is 103 Å². The fraction of sp³-hybridized carbons (Fsp3) is 0.297. The van der Waals surface area contributed by atoms with Gasteiger partial charge in [-0.2, -0.15) is 18.3 Å². The highest BCUT2D eigenvalue weighted by molar-refractivity contribution is 6.32. The number of aromatic nitrogens is 3. The van der Waals surface area contributed by atoms with Gasteiger partial charge in [0.15, 0.2) is 5.82 Å². The summed E-state index contributed by atoms with van der Waals surface area (Å²) in [4.78, 5) is 6.45. The van der Waals surface area contributed by atoms with Crippen molar-refractivity contribution >= 4 is 11.6 Å². The lowest BCUT2D eigenvalue weighted by molar-refractivity contribution is -0.137. The molecule has 47 heavy (non-hydrogen) atoms. The zero-order chi connectivity index (χ0) is 33.1. The molecular weight excluding hydrogens is 625 g/mol. The van der Waals surface area contributed by atoms with Crippen molar-refractivity contribution in [2.24, 2.45) is 0 Å². The minimum Gasteiger partial charge on any atom is -0.493 e. The van der Waals surface area contributed by atoms with Gasteiger partial charge in [0, 0.05) is 44.1 Å². The molecule has 1 heterocycles. The second-order valence-corrected chi connectivity index (χ2v) is 11.6. The summed E-state index contributed by atoms with van der Waals surface area (Å²) in [5.41, 5.74) is 3.81. The zero-order valence-corrected chi connectivity index (χ0v) is 27.0. The maximum atomic E-state index is 13.7. The molecule has 0 spiro atoms. The minimum atomic E-state index is -4.54. The van der Waals surface area contributed by atoms with Crippen LogP contribution in [0.25, 0.3) is 0 Å². The van der Waals surface area contributed by atoms with Crippen molar-refractivity contribution < 1.29 is 22.6 Å². The maximum Gasteiger partial charge on any atom is 0.417 e. The van der Waals surface area contributed by atoms with E-state index in [1.54, 1.807) is 12.4 Å². The molecule has 246 valence electrons. The predicted octanol–water partition coefficient (Wildman–Crippen LogP) is 8.71. The summed E-state index contributed by atoms with van der Waals surface area (Å²) in [5.74, 6) is 1.37. The number of ether oxygens (including phenoxy) is 2. The molecule has 0 saturated carbocycles. The third kappa shape index (κ3) is 9.44. The Balaban J connectivity index is 1.37. The van der Waals surface area contributed by atoms with Gasteiger partial charge in [0.2, 0.25) is 0 Å². The van der Waals surface area contributed by atoms with Gasteiger partial charge < -0.3 is 9.47 Å². The Morgan fingerprint density at radius 3 is 2.19 bits per heavy atom. The number of hydrogen-bond acceptors (Lipinski definition) is 5. The molecule has 0 saturated heterocycles. The van der Waals surface area contributed by atoms with E-state index in [9.17, 15) is 13.2 Å². The first-order valence-corrected chi connectivity index (χ1v) is 16.0. The molecular formula is C37H38ClF3N4O2. The number of halogens is 4. The van der Waals surface area contributed by atoms with Crippen LogP contribution < -0.4 is 4.74 Å². The van der Waals surface area contributed by atoms with E-state index < -0.39 is 11.7 Å². The second-order valence-electron chi connectivity index (χ2n) is 11.2. The first kappa shape index (κ1) is 34.2. The molecule has 10 heteroatoms. The van der Waals surface area contributed by atoms with Crippen molar-refractivity contribution in [2.45, 2.75) is 45.0 Å². The van der Waals surface area contributed by atoms with E-state index in [-0.39, 0.29) is 17.5 Å². The van der Waals surface area contributed by atoms with Crippen molar-refractivity contribution in [2.75, 3.05) is 26.3 Å². The number of nitrogens with one attached hydrogen (secondary N) is 1. The monoisotopic (exact) mass is 662 g/mol. The number of rotatable bonds is 16. The van der Waals surface area contributed by atoms with Gasteiger partial charge in [0.25, 0.3) is 0 Å².